The summed E-state index contributed by atoms with van der Waals surface area (Å²) in [6, 6.07) is 4.75. The number of hydrogen-bond donors (Lipinski definition) is 2. The number of carbonyl (C=O) groups excluding carboxylic acids is 1. The molecule has 7 heteroatoms. The van der Waals surface area contributed by atoms with E-state index in [1.165, 1.54) is 24.3 Å². The van der Waals surface area contributed by atoms with Crippen LogP contribution in [0.5, 0.6) is 0 Å². The van der Waals surface area contributed by atoms with Gasteiger partial charge in [0, 0.05) is 0 Å². The van der Waals surface area contributed by atoms with E-state index < -0.39 is 22.1 Å². The van der Waals surface area contributed by atoms with Crippen LogP contribution in [0.4, 0.5) is 0 Å². The zero-order chi connectivity index (χ0) is 15.3. The highest BCUT2D eigenvalue weighted by Crippen LogP contribution is 2.11. The van der Waals surface area contributed by atoms with E-state index in [9.17, 15) is 13.2 Å². The van der Waals surface area contributed by atoms with Gasteiger partial charge in [0.25, 0.3) is 10.1 Å². The van der Waals surface area contributed by atoms with E-state index in [0.29, 0.717) is 17.9 Å². The molecular weight excluding hydrogens is 282 g/mol. The first-order chi connectivity index (χ1) is 9.20. The van der Waals surface area contributed by atoms with Crippen LogP contribution < -0.4 is 5.73 Å². The zero-order valence-corrected chi connectivity index (χ0v) is 12.3. The molecule has 0 radical (unpaired) electrons. The molecule has 6 nitrogen and oxygen atoms in total. The highest BCUT2D eigenvalue weighted by atomic mass is 32.2. The van der Waals surface area contributed by atoms with Crippen molar-refractivity contribution in [3.05, 3.63) is 29.8 Å². The monoisotopic (exact) mass is 301 g/mol. The summed E-state index contributed by atoms with van der Waals surface area (Å²) >= 11 is 0. The molecule has 0 aromatic heterocycles. The van der Waals surface area contributed by atoms with E-state index in [-0.39, 0.29) is 11.5 Å². The minimum Gasteiger partial charge on any atom is -0.460 e. The van der Waals surface area contributed by atoms with Gasteiger partial charge in [-0.15, -0.1) is 0 Å². The largest absolute Gasteiger partial charge is 0.460 e. The average molecular weight is 301 g/mol. The van der Waals surface area contributed by atoms with Crippen LogP contribution in [0.3, 0.4) is 0 Å². The van der Waals surface area contributed by atoms with E-state index in [2.05, 4.69) is 0 Å². The van der Waals surface area contributed by atoms with E-state index in [4.69, 9.17) is 15.0 Å². The van der Waals surface area contributed by atoms with Crippen LogP contribution in [0.2, 0.25) is 0 Å². The Morgan fingerprint density at radius 1 is 1.30 bits per heavy atom. The Bertz CT molecular complexity index is 551. The molecule has 0 bridgehead atoms. The van der Waals surface area contributed by atoms with Gasteiger partial charge in [-0.2, -0.15) is 8.42 Å². The average Bonchev–Trinajstić information content (AvgIpc) is 2.34. The lowest BCUT2D eigenvalue weighted by Gasteiger charge is -2.13. The summed E-state index contributed by atoms with van der Waals surface area (Å²) in [5.74, 6) is -0.191. The van der Waals surface area contributed by atoms with Crippen LogP contribution in [0, 0.1) is 5.92 Å². The first-order valence-electron chi connectivity index (χ1n) is 6.19. The number of rotatable bonds is 6. The van der Waals surface area contributed by atoms with Gasteiger partial charge in [0.05, 0.1) is 4.90 Å². The first-order valence-corrected chi connectivity index (χ1v) is 7.63. The summed E-state index contributed by atoms with van der Waals surface area (Å²) in [6.45, 7) is 3.93. The van der Waals surface area contributed by atoms with Gasteiger partial charge in [0.1, 0.15) is 12.6 Å². The van der Waals surface area contributed by atoms with Gasteiger partial charge in [-0.25, -0.2) is 0 Å². The summed E-state index contributed by atoms with van der Waals surface area (Å²) in [4.78, 5) is 11.4. The van der Waals surface area contributed by atoms with E-state index in [0.717, 1.165) is 0 Å². The molecule has 0 unspecified atom stereocenters. The van der Waals surface area contributed by atoms with Crippen molar-refractivity contribution < 1.29 is 22.5 Å². The molecule has 0 spiro atoms. The van der Waals surface area contributed by atoms with Gasteiger partial charge < -0.3 is 10.5 Å². The molecule has 1 aromatic carbocycles. The number of benzene rings is 1. The van der Waals surface area contributed by atoms with Gasteiger partial charge in [0.15, 0.2) is 0 Å². The fourth-order valence-electron chi connectivity index (χ4n) is 1.62. The molecule has 1 atom stereocenters. The third kappa shape index (κ3) is 5.28. The zero-order valence-electron chi connectivity index (χ0n) is 11.4. The van der Waals surface area contributed by atoms with Crippen LogP contribution >= 0.6 is 0 Å². The highest BCUT2D eigenvalue weighted by molar-refractivity contribution is 7.85. The predicted octanol–water partition coefficient (Wildman–Crippen LogP) is 1.35. The Morgan fingerprint density at radius 3 is 2.30 bits per heavy atom. The maximum absolute atomic E-state index is 11.6. The van der Waals surface area contributed by atoms with Crippen LogP contribution in [-0.2, 0) is 26.3 Å². The third-order valence-electron chi connectivity index (χ3n) is 2.63. The first kappa shape index (κ1) is 16.6. The molecule has 0 saturated heterocycles. The molecule has 0 saturated carbocycles. The minimum absolute atomic E-state index is 0.0103. The Morgan fingerprint density at radius 2 is 1.85 bits per heavy atom. The third-order valence-corrected chi connectivity index (χ3v) is 3.50. The molecule has 0 amide bonds. The van der Waals surface area contributed by atoms with Crippen molar-refractivity contribution in [3.63, 3.8) is 0 Å². The smallest absolute Gasteiger partial charge is 0.323 e. The fraction of sp³-hybridized carbons (Fsp3) is 0.462. The molecule has 0 aliphatic rings. The Labute approximate surface area is 118 Å². The van der Waals surface area contributed by atoms with Gasteiger partial charge >= 0.3 is 5.97 Å². The van der Waals surface area contributed by atoms with Crippen molar-refractivity contribution in [2.24, 2.45) is 11.7 Å². The number of nitrogens with two attached hydrogens (primary N) is 1. The lowest BCUT2D eigenvalue weighted by Crippen LogP contribution is -2.33. The standard InChI is InChI=1S/C13H19NO5S/c1-9(2)7-12(14)13(15)19-8-10-3-5-11(6-4-10)20(16,17)18/h3-6,9,12H,7-8,14H2,1-2H3,(H,16,17,18)/t12-/m0/s1. The van der Waals surface area contributed by atoms with E-state index >= 15 is 0 Å². The molecule has 20 heavy (non-hydrogen) atoms. The van der Waals surface area contributed by atoms with Crippen molar-refractivity contribution in [2.45, 2.75) is 37.8 Å². The van der Waals surface area contributed by atoms with Gasteiger partial charge in [-0.1, -0.05) is 26.0 Å². The maximum Gasteiger partial charge on any atom is 0.323 e. The number of carbonyl (C=O) groups is 1. The van der Waals surface area contributed by atoms with Crippen molar-refractivity contribution in [2.75, 3.05) is 0 Å². The normalized spacial score (nSPS) is 13.2. The Balaban J connectivity index is 2.56. The second kappa shape index (κ2) is 6.83. The van der Waals surface area contributed by atoms with Crippen molar-refractivity contribution in [3.8, 4) is 0 Å². The van der Waals surface area contributed by atoms with Crippen LogP contribution in [0.1, 0.15) is 25.8 Å². The number of ether oxygens (including phenoxy) is 1. The molecule has 3 N–H and O–H groups in total. The summed E-state index contributed by atoms with van der Waals surface area (Å²) < 4.78 is 35.6. The summed E-state index contributed by atoms with van der Waals surface area (Å²) in [5.41, 5.74) is 6.29. The lowest BCUT2D eigenvalue weighted by atomic mass is 10.1. The molecule has 1 aromatic rings. The molecule has 0 aliphatic heterocycles. The summed E-state index contributed by atoms with van der Waals surface area (Å²) in [7, 11) is -4.21. The Kier molecular flexibility index (Phi) is 5.67. The number of esters is 1. The van der Waals surface area contributed by atoms with E-state index in [1.54, 1.807) is 0 Å². The summed E-state index contributed by atoms with van der Waals surface area (Å²) in [5, 5.41) is 0. The van der Waals surface area contributed by atoms with Crippen molar-refractivity contribution in [1.29, 1.82) is 0 Å². The minimum atomic E-state index is -4.21. The second-order valence-electron chi connectivity index (χ2n) is 4.96. The van der Waals surface area contributed by atoms with Crippen LogP contribution in [0.25, 0.3) is 0 Å². The maximum atomic E-state index is 11.6. The molecular formula is C13H19NO5S. The van der Waals surface area contributed by atoms with Gasteiger partial charge in [0.2, 0.25) is 0 Å². The van der Waals surface area contributed by atoms with Crippen molar-refractivity contribution >= 4 is 16.1 Å². The summed E-state index contributed by atoms with van der Waals surface area (Å²) in [6.07, 6.45) is 0.542. The molecule has 0 heterocycles. The quantitative estimate of drug-likeness (QED) is 0.606. The second-order valence-corrected chi connectivity index (χ2v) is 6.38. The van der Waals surface area contributed by atoms with Gasteiger partial charge in [-0.3, -0.25) is 9.35 Å². The topological polar surface area (TPSA) is 107 Å². The fourth-order valence-corrected chi connectivity index (χ4v) is 2.10. The Hall–Kier alpha value is -1.44. The van der Waals surface area contributed by atoms with E-state index in [1.807, 2.05) is 13.8 Å². The molecule has 0 aliphatic carbocycles. The SMILES string of the molecule is CC(C)C[C@H](N)C(=O)OCc1ccc(S(=O)(=O)O)cc1. The van der Waals surface area contributed by atoms with Crippen LogP contribution in [-0.4, -0.2) is 25.0 Å². The molecule has 1 rings (SSSR count). The molecule has 112 valence electrons. The van der Waals surface area contributed by atoms with Crippen molar-refractivity contribution in [1.82, 2.24) is 0 Å². The van der Waals surface area contributed by atoms with Crippen LogP contribution in [0.15, 0.2) is 29.2 Å². The van der Waals surface area contributed by atoms with Gasteiger partial charge in [-0.05, 0) is 30.0 Å². The highest BCUT2D eigenvalue weighted by Gasteiger charge is 2.16. The predicted molar refractivity (Wildman–Crippen MR) is 73.5 cm³/mol. The lowest BCUT2D eigenvalue weighted by molar-refractivity contribution is -0.146. The molecule has 0 fully saturated rings. The number of hydrogen-bond acceptors (Lipinski definition) is 5.